The van der Waals surface area contributed by atoms with Gasteiger partial charge in [-0.1, -0.05) is 12.1 Å². The number of nitrogens with two attached hydrogens (primary N) is 1. The van der Waals surface area contributed by atoms with E-state index in [-0.39, 0.29) is 6.61 Å². The smallest absolute Gasteiger partial charge is 0.0515 e. The van der Waals surface area contributed by atoms with Gasteiger partial charge in [-0.2, -0.15) is 0 Å². The first-order chi connectivity index (χ1) is 8.69. The van der Waals surface area contributed by atoms with E-state index in [1.165, 1.54) is 27.6 Å². The van der Waals surface area contributed by atoms with Gasteiger partial charge >= 0.3 is 0 Å². The topological polar surface area (TPSA) is 51.2 Å². The maximum Gasteiger partial charge on any atom is 0.0515 e. The zero-order chi connectivity index (χ0) is 13.1. The summed E-state index contributed by atoms with van der Waals surface area (Å²) in [6.45, 7) is 6.06. The van der Waals surface area contributed by atoms with E-state index in [4.69, 9.17) is 10.8 Å². The number of aliphatic hydroxyl groups excluding tert-OH is 1. The van der Waals surface area contributed by atoms with Crippen LogP contribution in [0.5, 0.6) is 0 Å². The summed E-state index contributed by atoms with van der Waals surface area (Å²) in [5, 5.41) is 10.3. The van der Waals surface area contributed by atoms with Crippen LogP contribution in [0.15, 0.2) is 18.3 Å². The normalized spacial score (nSPS) is 11.3. The van der Waals surface area contributed by atoms with Crippen molar-refractivity contribution < 1.29 is 5.11 Å². The van der Waals surface area contributed by atoms with Crippen molar-refractivity contribution in [1.82, 2.24) is 4.57 Å². The maximum absolute atomic E-state index is 9.00. The van der Waals surface area contributed by atoms with Crippen LogP contribution in [-0.2, 0) is 13.0 Å². The molecule has 0 fully saturated rings. The minimum absolute atomic E-state index is 0.233. The van der Waals surface area contributed by atoms with Crippen LogP contribution in [0.4, 0.5) is 0 Å². The lowest BCUT2D eigenvalue weighted by atomic mass is 10.0. The minimum atomic E-state index is 0.233. The Morgan fingerprint density at radius 2 is 1.94 bits per heavy atom. The fraction of sp³-hybridized carbons (Fsp3) is 0.467. The van der Waals surface area contributed by atoms with E-state index in [2.05, 4.69) is 36.7 Å². The lowest BCUT2D eigenvalue weighted by Gasteiger charge is -2.07. The molecule has 0 amide bonds. The Morgan fingerprint density at radius 1 is 1.22 bits per heavy atom. The molecule has 0 aliphatic heterocycles. The second kappa shape index (κ2) is 5.55. The molecule has 1 aromatic carbocycles. The van der Waals surface area contributed by atoms with Crippen molar-refractivity contribution in [2.24, 2.45) is 5.73 Å². The summed E-state index contributed by atoms with van der Waals surface area (Å²) in [6.07, 6.45) is 3.90. The Bertz CT molecular complexity index is 543. The molecular weight excluding hydrogens is 224 g/mol. The molecule has 18 heavy (non-hydrogen) atoms. The SMILES string of the molecule is Cc1ccc(C)c2c1c(CCN)cn2CCCO. The lowest BCUT2D eigenvalue weighted by Crippen LogP contribution is -2.02. The summed E-state index contributed by atoms with van der Waals surface area (Å²) >= 11 is 0. The van der Waals surface area contributed by atoms with E-state index in [9.17, 15) is 0 Å². The second-order valence-electron chi connectivity index (χ2n) is 4.89. The van der Waals surface area contributed by atoms with E-state index >= 15 is 0 Å². The molecule has 0 unspecified atom stereocenters. The third-order valence-electron chi connectivity index (χ3n) is 3.48. The molecule has 0 radical (unpaired) electrons. The highest BCUT2D eigenvalue weighted by Crippen LogP contribution is 2.28. The van der Waals surface area contributed by atoms with Gasteiger partial charge in [-0.15, -0.1) is 0 Å². The third-order valence-corrected chi connectivity index (χ3v) is 3.48. The second-order valence-corrected chi connectivity index (χ2v) is 4.89. The zero-order valence-corrected chi connectivity index (χ0v) is 11.2. The van der Waals surface area contributed by atoms with E-state index < -0.39 is 0 Å². The quantitative estimate of drug-likeness (QED) is 0.849. The van der Waals surface area contributed by atoms with Crippen molar-refractivity contribution in [2.75, 3.05) is 13.2 Å². The number of hydrogen-bond acceptors (Lipinski definition) is 2. The number of benzene rings is 1. The molecule has 98 valence electrons. The van der Waals surface area contributed by atoms with E-state index in [0.717, 1.165) is 19.4 Å². The number of rotatable bonds is 5. The van der Waals surface area contributed by atoms with Gasteiger partial charge in [-0.3, -0.25) is 0 Å². The third kappa shape index (κ3) is 2.28. The first-order valence-corrected chi connectivity index (χ1v) is 6.58. The van der Waals surface area contributed by atoms with Crippen LogP contribution in [0.1, 0.15) is 23.1 Å². The molecule has 1 aromatic heterocycles. The Morgan fingerprint density at radius 3 is 2.61 bits per heavy atom. The van der Waals surface area contributed by atoms with Crippen molar-refractivity contribution in [1.29, 1.82) is 0 Å². The summed E-state index contributed by atoms with van der Waals surface area (Å²) in [5.41, 5.74) is 10.9. The van der Waals surface area contributed by atoms with Gasteiger partial charge in [0.15, 0.2) is 0 Å². The fourth-order valence-corrected chi connectivity index (χ4v) is 2.65. The van der Waals surface area contributed by atoms with Crippen LogP contribution in [0.3, 0.4) is 0 Å². The molecule has 0 bridgehead atoms. The Kier molecular flexibility index (Phi) is 4.04. The molecular formula is C15H22N2O. The average molecular weight is 246 g/mol. The predicted molar refractivity (Wildman–Crippen MR) is 75.9 cm³/mol. The number of fused-ring (bicyclic) bond motifs is 1. The Labute approximate surface area is 108 Å². The highest BCUT2D eigenvalue weighted by molar-refractivity contribution is 5.89. The standard InChI is InChI=1S/C15H22N2O/c1-11-4-5-12(2)15-14(11)13(6-7-16)10-17(15)8-3-9-18/h4-5,10,18H,3,6-9,16H2,1-2H3. The number of aromatic nitrogens is 1. The molecule has 2 rings (SSSR count). The van der Waals surface area contributed by atoms with Gasteiger partial charge in [0.1, 0.15) is 0 Å². The van der Waals surface area contributed by atoms with Crippen molar-refractivity contribution in [3.8, 4) is 0 Å². The van der Waals surface area contributed by atoms with E-state index in [1.54, 1.807) is 0 Å². The molecule has 0 spiro atoms. The summed E-state index contributed by atoms with van der Waals surface area (Å²) in [6, 6.07) is 4.34. The molecule has 1 heterocycles. The fourth-order valence-electron chi connectivity index (χ4n) is 2.65. The Balaban J connectivity index is 2.60. The molecule has 3 heteroatoms. The lowest BCUT2D eigenvalue weighted by molar-refractivity contribution is 0.280. The molecule has 0 saturated carbocycles. The summed E-state index contributed by atoms with van der Waals surface area (Å²) in [7, 11) is 0. The molecule has 2 aromatic rings. The van der Waals surface area contributed by atoms with Crippen molar-refractivity contribution >= 4 is 10.9 Å². The van der Waals surface area contributed by atoms with Gasteiger partial charge in [-0.05, 0) is 49.9 Å². The summed E-state index contributed by atoms with van der Waals surface area (Å²) in [5.74, 6) is 0. The van der Waals surface area contributed by atoms with Gasteiger partial charge < -0.3 is 15.4 Å². The van der Waals surface area contributed by atoms with Crippen molar-refractivity contribution in [3.05, 3.63) is 35.0 Å². The first-order valence-electron chi connectivity index (χ1n) is 6.58. The van der Waals surface area contributed by atoms with Crippen LogP contribution in [-0.4, -0.2) is 22.8 Å². The monoisotopic (exact) mass is 246 g/mol. The molecule has 3 N–H and O–H groups in total. The van der Waals surface area contributed by atoms with Gasteiger partial charge in [0.25, 0.3) is 0 Å². The number of nitrogens with zero attached hydrogens (tertiary/aromatic N) is 1. The van der Waals surface area contributed by atoms with Gasteiger partial charge in [0.2, 0.25) is 0 Å². The van der Waals surface area contributed by atoms with Crippen LogP contribution in [0, 0.1) is 13.8 Å². The van der Waals surface area contributed by atoms with Gasteiger partial charge in [0, 0.05) is 24.7 Å². The molecule has 3 nitrogen and oxygen atoms in total. The number of hydrogen-bond donors (Lipinski definition) is 2. The van der Waals surface area contributed by atoms with Crippen molar-refractivity contribution in [3.63, 3.8) is 0 Å². The first kappa shape index (κ1) is 13.1. The van der Waals surface area contributed by atoms with E-state index in [0.29, 0.717) is 6.54 Å². The zero-order valence-electron chi connectivity index (χ0n) is 11.2. The highest BCUT2D eigenvalue weighted by atomic mass is 16.3. The molecule has 0 aliphatic carbocycles. The summed E-state index contributed by atoms with van der Waals surface area (Å²) < 4.78 is 2.26. The van der Waals surface area contributed by atoms with Gasteiger partial charge in [-0.25, -0.2) is 0 Å². The van der Waals surface area contributed by atoms with Crippen LogP contribution in [0.2, 0.25) is 0 Å². The Hall–Kier alpha value is -1.32. The number of aryl methyl sites for hydroxylation is 3. The molecule has 0 atom stereocenters. The molecule has 0 saturated heterocycles. The van der Waals surface area contributed by atoms with Crippen molar-refractivity contribution in [2.45, 2.75) is 33.2 Å². The highest BCUT2D eigenvalue weighted by Gasteiger charge is 2.12. The van der Waals surface area contributed by atoms with Crippen LogP contribution in [0.25, 0.3) is 10.9 Å². The van der Waals surface area contributed by atoms with E-state index in [1.807, 2.05) is 0 Å². The average Bonchev–Trinajstić information content (AvgIpc) is 2.72. The largest absolute Gasteiger partial charge is 0.396 e. The predicted octanol–water partition coefficient (Wildman–Crippen LogP) is 2.14. The van der Waals surface area contributed by atoms with Crippen LogP contribution >= 0.6 is 0 Å². The maximum atomic E-state index is 9.00. The summed E-state index contributed by atoms with van der Waals surface area (Å²) in [4.78, 5) is 0. The minimum Gasteiger partial charge on any atom is -0.396 e. The number of aliphatic hydroxyl groups is 1. The van der Waals surface area contributed by atoms with Gasteiger partial charge in [0.05, 0.1) is 5.52 Å². The molecule has 0 aliphatic rings. The van der Waals surface area contributed by atoms with Crippen LogP contribution < -0.4 is 5.73 Å².